The lowest BCUT2D eigenvalue weighted by Gasteiger charge is -2.13. The molecule has 0 amide bonds. The molecule has 0 aliphatic carbocycles. The van der Waals surface area contributed by atoms with Crippen LogP contribution in [-0.2, 0) is 6.42 Å². The standard InChI is InChI=1S/C21H26O3/c1-4-14-24-20-13-9-17(15-21(20)23-5-2)8-12-19(22)18-10-6-16(3)7-11-18/h6-7,9-11,13,15H,4-5,8,12,14H2,1-3H3. The fourth-order valence-corrected chi connectivity index (χ4v) is 2.45. The summed E-state index contributed by atoms with van der Waals surface area (Å²) in [5.74, 6) is 1.69. The maximum Gasteiger partial charge on any atom is 0.163 e. The van der Waals surface area contributed by atoms with Crippen molar-refractivity contribution in [1.82, 2.24) is 0 Å². The minimum Gasteiger partial charge on any atom is -0.490 e. The molecule has 0 atom stereocenters. The van der Waals surface area contributed by atoms with Gasteiger partial charge in [0.1, 0.15) is 0 Å². The summed E-state index contributed by atoms with van der Waals surface area (Å²) in [6.45, 7) is 7.31. The molecule has 2 rings (SSSR count). The predicted molar refractivity (Wildman–Crippen MR) is 97.2 cm³/mol. The Kier molecular flexibility index (Phi) is 6.86. The van der Waals surface area contributed by atoms with E-state index in [2.05, 4.69) is 6.92 Å². The Morgan fingerprint density at radius 2 is 1.71 bits per heavy atom. The molecular formula is C21H26O3. The van der Waals surface area contributed by atoms with Crippen LogP contribution in [0.15, 0.2) is 42.5 Å². The molecule has 2 aromatic rings. The zero-order valence-corrected chi connectivity index (χ0v) is 14.8. The zero-order valence-electron chi connectivity index (χ0n) is 14.8. The quantitative estimate of drug-likeness (QED) is 0.608. The van der Waals surface area contributed by atoms with Crippen LogP contribution in [-0.4, -0.2) is 19.0 Å². The molecule has 0 heterocycles. The number of carbonyl (C=O) groups excluding carboxylic acids is 1. The van der Waals surface area contributed by atoms with Gasteiger partial charge in [0.25, 0.3) is 0 Å². The second-order valence-corrected chi connectivity index (χ2v) is 5.85. The van der Waals surface area contributed by atoms with Crippen LogP contribution in [0.1, 0.15) is 48.2 Å². The Morgan fingerprint density at radius 3 is 2.38 bits per heavy atom. The van der Waals surface area contributed by atoms with Gasteiger partial charge in [-0.2, -0.15) is 0 Å². The molecule has 0 N–H and O–H groups in total. The Bertz CT molecular complexity index is 659. The lowest BCUT2D eigenvalue weighted by Crippen LogP contribution is -2.03. The van der Waals surface area contributed by atoms with E-state index >= 15 is 0 Å². The number of rotatable bonds is 9. The molecule has 0 spiro atoms. The normalized spacial score (nSPS) is 10.5. The predicted octanol–water partition coefficient (Wildman–Crippen LogP) is 5.00. The highest BCUT2D eigenvalue weighted by atomic mass is 16.5. The van der Waals surface area contributed by atoms with Gasteiger partial charge in [-0.3, -0.25) is 4.79 Å². The number of carbonyl (C=O) groups is 1. The summed E-state index contributed by atoms with van der Waals surface area (Å²) in [4.78, 5) is 12.3. The van der Waals surface area contributed by atoms with E-state index in [-0.39, 0.29) is 5.78 Å². The van der Waals surface area contributed by atoms with Crippen LogP contribution in [0.5, 0.6) is 11.5 Å². The number of ketones is 1. The van der Waals surface area contributed by atoms with Gasteiger partial charge in [0.05, 0.1) is 13.2 Å². The highest BCUT2D eigenvalue weighted by molar-refractivity contribution is 5.96. The number of hydrogen-bond donors (Lipinski definition) is 0. The number of hydrogen-bond acceptors (Lipinski definition) is 3. The third kappa shape index (κ3) is 5.12. The largest absolute Gasteiger partial charge is 0.490 e. The minimum atomic E-state index is 0.166. The van der Waals surface area contributed by atoms with Gasteiger partial charge < -0.3 is 9.47 Å². The van der Waals surface area contributed by atoms with Crippen LogP contribution < -0.4 is 9.47 Å². The molecule has 0 saturated carbocycles. The van der Waals surface area contributed by atoms with Gasteiger partial charge in [-0.25, -0.2) is 0 Å². The molecular weight excluding hydrogens is 300 g/mol. The highest BCUT2D eigenvalue weighted by Gasteiger charge is 2.09. The maximum absolute atomic E-state index is 12.3. The van der Waals surface area contributed by atoms with Crippen molar-refractivity contribution in [1.29, 1.82) is 0 Å². The Hall–Kier alpha value is -2.29. The lowest BCUT2D eigenvalue weighted by atomic mass is 10.0. The SMILES string of the molecule is CCCOc1ccc(CCC(=O)c2ccc(C)cc2)cc1OCC. The Balaban J connectivity index is 2.02. The van der Waals surface area contributed by atoms with Gasteiger partial charge in [-0.15, -0.1) is 0 Å². The first-order valence-electron chi connectivity index (χ1n) is 8.62. The van der Waals surface area contributed by atoms with Crippen LogP contribution in [0, 0.1) is 6.92 Å². The number of ether oxygens (including phenoxy) is 2. The molecule has 0 aromatic heterocycles. The number of Topliss-reactive ketones (excluding diaryl/α,β-unsaturated/α-hetero) is 1. The molecule has 0 bridgehead atoms. The average molecular weight is 326 g/mol. The molecule has 0 fully saturated rings. The molecule has 0 unspecified atom stereocenters. The molecule has 0 aliphatic heterocycles. The first-order chi connectivity index (χ1) is 11.6. The van der Waals surface area contributed by atoms with Crippen LogP contribution in [0.2, 0.25) is 0 Å². The average Bonchev–Trinajstić information content (AvgIpc) is 2.59. The lowest BCUT2D eigenvalue weighted by molar-refractivity contribution is 0.0983. The highest BCUT2D eigenvalue weighted by Crippen LogP contribution is 2.29. The molecule has 3 nitrogen and oxygen atoms in total. The molecule has 3 heteroatoms. The van der Waals surface area contributed by atoms with Crippen molar-refractivity contribution in [2.45, 2.75) is 40.0 Å². The van der Waals surface area contributed by atoms with Crippen molar-refractivity contribution in [2.75, 3.05) is 13.2 Å². The van der Waals surface area contributed by atoms with E-state index in [1.165, 1.54) is 0 Å². The smallest absolute Gasteiger partial charge is 0.163 e. The van der Waals surface area contributed by atoms with Gasteiger partial charge in [-0.1, -0.05) is 42.8 Å². The van der Waals surface area contributed by atoms with E-state index in [0.29, 0.717) is 26.1 Å². The van der Waals surface area contributed by atoms with Crippen molar-refractivity contribution in [3.05, 3.63) is 59.2 Å². The number of aryl methyl sites for hydroxylation is 2. The fraction of sp³-hybridized carbons (Fsp3) is 0.381. The van der Waals surface area contributed by atoms with Crippen LogP contribution in [0.25, 0.3) is 0 Å². The molecule has 0 aliphatic rings. The van der Waals surface area contributed by atoms with E-state index in [1.807, 2.05) is 56.3 Å². The van der Waals surface area contributed by atoms with Crippen molar-refractivity contribution in [2.24, 2.45) is 0 Å². The first kappa shape index (κ1) is 18.1. The van der Waals surface area contributed by atoms with Crippen LogP contribution in [0.4, 0.5) is 0 Å². The summed E-state index contributed by atoms with van der Waals surface area (Å²) in [5.41, 5.74) is 3.02. The van der Waals surface area contributed by atoms with Gasteiger partial charge in [0.15, 0.2) is 17.3 Å². The van der Waals surface area contributed by atoms with Crippen molar-refractivity contribution >= 4 is 5.78 Å². The summed E-state index contributed by atoms with van der Waals surface area (Å²) in [6.07, 6.45) is 2.14. The zero-order chi connectivity index (χ0) is 17.4. The van der Waals surface area contributed by atoms with E-state index in [9.17, 15) is 4.79 Å². The first-order valence-corrected chi connectivity index (χ1v) is 8.62. The summed E-state index contributed by atoms with van der Waals surface area (Å²) < 4.78 is 11.4. The third-order valence-corrected chi connectivity index (χ3v) is 3.78. The molecule has 24 heavy (non-hydrogen) atoms. The number of benzene rings is 2. The Morgan fingerprint density at radius 1 is 0.958 bits per heavy atom. The van der Waals surface area contributed by atoms with Crippen LogP contribution in [0.3, 0.4) is 0 Å². The second kappa shape index (κ2) is 9.11. The fourth-order valence-electron chi connectivity index (χ4n) is 2.45. The van der Waals surface area contributed by atoms with E-state index in [0.717, 1.165) is 34.6 Å². The summed E-state index contributed by atoms with van der Waals surface area (Å²) in [5, 5.41) is 0. The molecule has 0 saturated heterocycles. The maximum atomic E-state index is 12.3. The van der Waals surface area contributed by atoms with Gasteiger partial charge in [0, 0.05) is 12.0 Å². The minimum absolute atomic E-state index is 0.166. The topological polar surface area (TPSA) is 35.5 Å². The third-order valence-electron chi connectivity index (χ3n) is 3.78. The molecule has 2 aromatic carbocycles. The monoisotopic (exact) mass is 326 g/mol. The van der Waals surface area contributed by atoms with Gasteiger partial charge in [0.2, 0.25) is 0 Å². The summed E-state index contributed by atoms with van der Waals surface area (Å²) in [7, 11) is 0. The van der Waals surface area contributed by atoms with Crippen LogP contribution >= 0.6 is 0 Å². The molecule has 0 radical (unpaired) electrons. The van der Waals surface area contributed by atoms with Crippen molar-refractivity contribution in [3.8, 4) is 11.5 Å². The second-order valence-electron chi connectivity index (χ2n) is 5.85. The summed E-state index contributed by atoms with van der Waals surface area (Å²) in [6, 6.07) is 13.7. The van der Waals surface area contributed by atoms with Crippen molar-refractivity contribution < 1.29 is 14.3 Å². The van der Waals surface area contributed by atoms with Crippen molar-refractivity contribution in [3.63, 3.8) is 0 Å². The molecule has 128 valence electrons. The summed E-state index contributed by atoms with van der Waals surface area (Å²) >= 11 is 0. The van der Waals surface area contributed by atoms with E-state index in [1.54, 1.807) is 0 Å². The van der Waals surface area contributed by atoms with Gasteiger partial charge >= 0.3 is 0 Å². The van der Waals surface area contributed by atoms with E-state index in [4.69, 9.17) is 9.47 Å². The van der Waals surface area contributed by atoms with E-state index < -0.39 is 0 Å². The van der Waals surface area contributed by atoms with Gasteiger partial charge in [-0.05, 0) is 44.4 Å². The Labute approximate surface area is 144 Å².